The summed E-state index contributed by atoms with van der Waals surface area (Å²) in [5, 5.41) is 2.84. The van der Waals surface area contributed by atoms with E-state index in [1.54, 1.807) is 12.1 Å². The Hall–Kier alpha value is -1.90. The number of nitrogens with two attached hydrogens (primary N) is 1. The molecule has 0 aliphatic carbocycles. The molecule has 0 saturated carbocycles. The number of piperazine rings is 1. The molecule has 2 rings (SSSR count). The largest absolute Gasteiger partial charge is 0.353 e. The van der Waals surface area contributed by atoms with Crippen LogP contribution in [0.2, 0.25) is 0 Å². The van der Waals surface area contributed by atoms with Crippen molar-refractivity contribution in [1.82, 2.24) is 10.2 Å². The Balaban J connectivity index is 2.13. The van der Waals surface area contributed by atoms with Gasteiger partial charge in [-0.05, 0) is 18.6 Å². The maximum Gasteiger partial charge on any atom is 0.237 e. The Labute approximate surface area is 124 Å². The molecule has 4 nitrogen and oxygen atoms in total. The molecule has 1 aliphatic heterocycles. The minimum Gasteiger partial charge on any atom is -0.353 e. The van der Waals surface area contributed by atoms with Gasteiger partial charge in [-0.2, -0.15) is 0 Å². The van der Waals surface area contributed by atoms with E-state index in [4.69, 9.17) is 5.73 Å². The van der Waals surface area contributed by atoms with Crippen molar-refractivity contribution in [3.05, 3.63) is 35.1 Å². The molecule has 21 heavy (non-hydrogen) atoms. The second kappa shape index (κ2) is 7.21. The zero-order chi connectivity index (χ0) is 15.2. The van der Waals surface area contributed by atoms with Gasteiger partial charge in [0.05, 0.1) is 12.6 Å². The van der Waals surface area contributed by atoms with Crippen molar-refractivity contribution in [2.45, 2.75) is 25.9 Å². The van der Waals surface area contributed by atoms with Gasteiger partial charge in [-0.15, -0.1) is 0 Å². The number of benzene rings is 1. The lowest BCUT2D eigenvalue weighted by Crippen LogP contribution is -2.54. The van der Waals surface area contributed by atoms with Crippen molar-refractivity contribution in [1.29, 1.82) is 0 Å². The number of amides is 1. The molecular formula is C16H20FN3O. The van der Waals surface area contributed by atoms with Gasteiger partial charge in [0.2, 0.25) is 5.91 Å². The van der Waals surface area contributed by atoms with Gasteiger partial charge in [0.15, 0.2) is 0 Å². The van der Waals surface area contributed by atoms with Gasteiger partial charge in [-0.1, -0.05) is 24.8 Å². The topological polar surface area (TPSA) is 58.4 Å². The van der Waals surface area contributed by atoms with Crippen LogP contribution < -0.4 is 11.1 Å². The van der Waals surface area contributed by atoms with Crippen molar-refractivity contribution in [2.75, 3.05) is 19.6 Å². The number of hydrogen-bond donors (Lipinski definition) is 2. The lowest BCUT2D eigenvalue weighted by molar-refractivity contribution is -0.129. The third-order valence-corrected chi connectivity index (χ3v) is 3.59. The first kappa shape index (κ1) is 15.5. The van der Waals surface area contributed by atoms with Gasteiger partial charge in [-0.3, -0.25) is 9.69 Å². The maximum atomic E-state index is 14.1. The van der Waals surface area contributed by atoms with Crippen molar-refractivity contribution in [3.8, 4) is 11.8 Å². The fraction of sp³-hybridized carbons (Fsp3) is 0.438. The van der Waals surface area contributed by atoms with Crippen LogP contribution in [0.25, 0.3) is 0 Å². The van der Waals surface area contributed by atoms with E-state index in [1.807, 2.05) is 11.8 Å². The maximum absolute atomic E-state index is 14.1. The van der Waals surface area contributed by atoms with Crippen LogP contribution in [-0.4, -0.2) is 36.5 Å². The van der Waals surface area contributed by atoms with E-state index < -0.39 is 0 Å². The van der Waals surface area contributed by atoms with Crippen molar-refractivity contribution < 1.29 is 9.18 Å². The van der Waals surface area contributed by atoms with Crippen molar-refractivity contribution in [2.24, 2.45) is 5.73 Å². The standard InChI is InChI=1S/C16H20FN3O/c1-2-15-16(21)19-8-9-20(15)11-13-6-5-12(4-3-7-18)10-14(13)17/h5-6,10,15H,2,7-9,11,18H2,1H3,(H,19,21). The highest BCUT2D eigenvalue weighted by Gasteiger charge is 2.28. The molecule has 1 aliphatic rings. The number of hydrogen-bond acceptors (Lipinski definition) is 3. The van der Waals surface area contributed by atoms with Crippen LogP contribution >= 0.6 is 0 Å². The molecule has 1 fully saturated rings. The summed E-state index contributed by atoms with van der Waals surface area (Å²) < 4.78 is 14.1. The first-order chi connectivity index (χ1) is 10.2. The van der Waals surface area contributed by atoms with Gasteiger partial charge in [0.1, 0.15) is 5.82 Å². The Kier molecular flexibility index (Phi) is 5.32. The molecule has 5 heteroatoms. The molecule has 0 aromatic heterocycles. The molecule has 1 unspecified atom stereocenters. The van der Waals surface area contributed by atoms with E-state index in [9.17, 15) is 9.18 Å². The van der Waals surface area contributed by atoms with E-state index in [2.05, 4.69) is 17.2 Å². The summed E-state index contributed by atoms with van der Waals surface area (Å²) in [7, 11) is 0. The first-order valence-electron chi connectivity index (χ1n) is 7.14. The van der Waals surface area contributed by atoms with Gasteiger partial charge in [0, 0.05) is 30.8 Å². The van der Waals surface area contributed by atoms with Gasteiger partial charge in [0.25, 0.3) is 0 Å². The summed E-state index contributed by atoms with van der Waals surface area (Å²) in [4.78, 5) is 13.8. The van der Waals surface area contributed by atoms with Crippen LogP contribution in [0.3, 0.4) is 0 Å². The van der Waals surface area contributed by atoms with E-state index in [1.165, 1.54) is 6.07 Å². The second-order valence-corrected chi connectivity index (χ2v) is 5.00. The quantitative estimate of drug-likeness (QED) is 0.811. The average molecular weight is 289 g/mol. The van der Waals surface area contributed by atoms with Gasteiger partial charge < -0.3 is 11.1 Å². The molecule has 112 valence electrons. The number of halogens is 1. The van der Waals surface area contributed by atoms with E-state index in [-0.39, 0.29) is 24.3 Å². The third-order valence-electron chi connectivity index (χ3n) is 3.59. The van der Waals surface area contributed by atoms with Gasteiger partial charge >= 0.3 is 0 Å². The average Bonchev–Trinajstić information content (AvgIpc) is 2.48. The van der Waals surface area contributed by atoms with Crippen LogP contribution in [0.4, 0.5) is 4.39 Å². The zero-order valence-corrected chi connectivity index (χ0v) is 12.2. The van der Waals surface area contributed by atoms with Crippen LogP contribution in [0.15, 0.2) is 18.2 Å². The minimum absolute atomic E-state index is 0.0228. The number of nitrogens with one attached hydrogen (secondary N) is 1. The molecular weight excluding hydrogens is 269 g/mol. The smallest absolute Gasteiger partial charge is 0.237 e. The predicted octanol–water partition coefficient (Wildman–Crippen LogP) is 0.846. The molecule has 1 atom stereocenters. The minimum atomic E-state index is -0.292. The fourth-order valence-corrected chi connectivity index (χ4v) is 2.52. The van der Waals surface area contributed by atoms with Gasteiger partial charge in [-0.25, -0.2) is 4.39 Å². The molecule has 0 bridgehead atoms. The first-order valence-corrected chi connectivity index (χ1v) is 7.14. The van der Waals surface area contributed by atoms with E-state index >= 15 is 0 Å². The molecule has 1 aromatic carbocycles. The van der Waals surface area contributed by atoms with E-state index in [0.29, 0.717) is 30.6 Å². The van der Waals surface area contributed by atoms with Crippen LogP contribution in [0, 0.1) is 17.7 Å². The molecule has 1 saturated heterocycles. The lowest BCUT2D eigenvalue weighted by Gasteiger charge is -2.34. The zero-order valence-electron chi connectivity index (χ0n) is 12.2. The Morgan fingerprint density at radius 2 is 2.33 bits per heavy atom. The summed E-state index contributed by atoms with van der Waals surface area (Å²) in [6.45, 7) is 3.99. The van der Waals surface area contributed by atoms with Crippen LogP contribution in [0.5, 0.6) is 0 Å². The molecule has 1 aromatic rings. The Morgan fingerprint density at radius 1 is 1.52 bits per heavy atom. The number of carbonyl (C=O) groups excluding carboxylic acids is 1. The third kappa shape index (κ3) is 3.81. The lowest BCUT2D eigenvalue weighted by atomic mass is 10.1. The summed E-state index contributed by atoms with van der Waals surface area (Å²) in [5.41, 5.74) is 6.50. The normalized spacial score (nSPS) is 18.8. The molecule has 3 N–H and O–H groups in total. The molecule has 1 heterocycles. The predicted molar refractivity (Wildman–Crippen MR) is 79.8 cm³/mol. The monoisotopic (exact) mass is 289 g/mol. The van der Waals surface area contributed by atoms with Crippen LogP contribution in [-0.2, 0) is 11.3 Å². The van der Waals surface area contributed by atoms with Crippen molar-refractivity contribution in [3.63, 3.8) is 0 Å². The fourth-order valence-electron chi connectivity index (χ4n) is 2.52. The van der Waals surface area contributed by atoms with Crippen molar-refractivity contribution >= 4 is 5.91 Å². The Morgan fingerprint density at radius 3 is 3.00 bits per heavy atom. The summed E-state index contributed by atoms with van der Waals surface area (Å²) in [6, 6.07) is 4.75. The number of nitrogens with zero attached hydrogens (tertiary/aromatic N) is 1. The summed E-state index contributed by atoms with van der Waals surface area (Å²) >= 11 is 0. The highest BCUT2D eigenvalue weighted by atomic mass is 19.1. The molecule has 0 spiro atoms. The second-order valence-electron chi connectivity index (χ2n) is 5.00. The van der Waals surface area contributed by atoms with Crippen LogP contribution in [0.1, 0.15) is 24.5 Å². The highest BCUT2D eigenvalue weighted by Crippen LogP contribution is 2.17. The summed E-state index contributed by atoms with van der Waals surface area (Å²) in [6.07, 6.45) is 0.716. The highest BCUT2D eigenvalue weighted by molar-refractivity contribution is 5.82. The van der Waals surface area contributed by atoms with E-state index in [0.717, 1.165) is 6.54 Å². The summed E-state index contributed by atoms with van der Waals surface area (Å²) in [5.74, 6) is 5.24. The molecule has 1 amide bonds. The molecule has 0 radical (unpaired) electrons. The number of carbonyl (C=O) groups is 1. The number of rotatable bonds is 3. The Bertz CT molecular complexity index is 577. The SMILES string of the molecule is CCC1C(=O)NCCN1Cc1ccc(C#CCN)cc1F.